The summed E-state index contributed by atoms with van der Waals surface area (Å²) in [6, 6.07) is 4.58. The minimum atomic E-state index is -0.437. The Hall–Kier alpha value is -1.66. The number of piperidine rings is 1. The molecule has 1 atom stereocenters. The molecule has 1 fully saturated rings. The van der Waals surface area contributed by atoms with Gasteiger partial charge in [-0.2, -0.15) is 0 Å². The second-order valence-corrected chi connectivity index (χ2v) is 5.14. The number of hydrogen-bond donors (Lipinski definition) is 1. The number of amides is 1. The van der Waals surface area contributed by atoms with Crippen molar-refractivity contribution < 1.29 is 9.72 Å². The number of nitro groups is 1. The Morgan fingerprint density at radius 1 is 1.48 bits per heavy atom. The SMILES string of the molecule is Cc1cc(C(=O)N2CCCCC2CN)ccc1[N+](=O)[O-].Cl. The number of nitrogens with two attached hydrogens (primary N) is 1. The topological polar surface area (TPSA) is 89.5 Å². The van der Waals surface area contributed by atoms with Crippen LogP contribution in [-0.4, -0.2) is 34.9 Å². The number of rotatable bonds is 3. The monoisotopic (exact) mass is 313 g/mol. The van der Waals surface area contributed by atoms with E-state index in [1.165, 1.54) is 12.1 Å². The molecular weight excluding hydrogens is 294 g/mol. The Balaban J connectivity index is 0.00000220. The number of benzene rings is 1. The van der Waals surface area contributed by atoms with Crippen molar-refractivity contribution in [3.05, 3.63) is 39.4 Å². The van der Waals surface area contributed by atoms with Crippen LogP contribution in [-0.2, 0) is 0 Å². The Morgan fingerprint density at radius 3 is 2.76 bits per heavy atom. The van der Waals surface area contributed by atoms with Crippen LogP contribution in [0.25, 0.3) is 0 Å². The average Bonchev–Trinajstić information content (AvgIpc) is 2.45. The molecule has 0 saturated carbocycles. The van der Waals surface area contributed by atoms with Crippen LogP contribution in [0.4, 0.5) is 5.69 Å². The van der Waals surface area contributed by atoms with E-state index in [4.69, 9.17) is 5.73 Å². The molecule has 1 aliphatic rings. The van der Waals surface area contributed by atoms with E-state index in [1.54, 1.807) is 17.9 Å². The summed E-state index contributed by atoms with van der Waals surface area (Å²) in [5.41, 5.74) is 6.75. The molecule has 0 bridgehead atoms. The van der Waals surface area contributed by atoms with Crippen LogP contribution in [0.1, 0.15) is 35.2 Å². The van der Waals surface area contributed by atoms with E-state index in [0.29, 0.717) is 24.2 Å². The summed E-state index contributed by atoms with van der Waals surface area (Å²) in [5.74, 6) is -0.0850. The third-order valence-corrected chi connectivity index (χ3v) is 3.80. The van der Waals surface area contributed by atoms with Crippen molar-refractivity contribution in [3.63, 3.8) is 0 Å². The number of carbonyl (C=O) groups excluding carboxylic acids is 1. The number of likely N-dealkylation sites (tertiary alicyclic amines) is 1. The quantitative estimate of drug-likeness (QED) is 0.684. The molecule has 2 rings (SSSR count). The Kier molecular flexibility index (Phi) is 6.11. The van der Waals surface area contributed by atoms with Gasteiger partial charge in [-0.15, -0.1) is 12.4 Å². The van der Waals surface area contributed by atoms with Gasteiger partial charge in [0.1, 0.15) is 0 Å². The summed E-state index contributed by atoms with van der Waals surface area (Å²) in [5, 5.41) is 10.8. The maximum Gasteiger partial charge on any atom is 0.272 e. The summed E-state index contributed by atoms with van der Waals surface area (Å²) < 4.78 is 0. The van der Waals surface area contributed by atoms with Crippen LogP contribution < -0.4 is 5.73 Å². The second-order valence-electron chi connectivity index (χ2n) is 5.14. The van der Waals surface area contributed by atoms with Crippen LogP contribution in [0.3, 0.4) is 0 Å². The first kappa shape index (κ1) is 17.4. The van der Waals surface area contributed by atoms with Crippen LogP contribution in [0.5, 0.6) is 0 Å². The summed E-state index contributed by atoms with van der Waals surface area (Å²) in [4.78, 5) is 24.7. The lowest BCUT2D eigenvalue weighted by Crippen LogP contribution is -2.47. The third-order valence-electron chi connectivity index (χ3n) is 3.80. The van der Waals surface area contributed by atoms with Gasteiger partial charge in [-0.1, -0.05) is 0 Å². The summed E-state index contributed by atoms with van der Waals surface area (Å²) in [6.07, 6.45) is 2.99. The van der Waals surface area contributed by atoms with Crippen LogP contribution >= 0.6 is 12.4 Å². The maximum absolute atomic E-state index is 12.5. The van der Waals surface area contributed by atoms with E-state index in [1.807, 2.05) is 0 Å². The molecule has 1 aromatic rings. The minimum absolute atomic E-state index is 0. The van der Waals surface area contributed by atoms with E-state index in [-0.39, 0.29) is 30.0 Å². The zero-order valence-electron chi connectivity index (χ0n) is 11.9. The van der Waals surface area contributed by atoms with Crippen molar-refractivity contribution in [1.82, 2.24) is 4.90 Å². The minimum Gasteiger partial charge on any atom is -0.334 e. The molecule has 1 amide bonds. The molecular formula is C14H20ClN3O3. The van der Waals surface area contributed by atoms with Crippen molar-refractivity contribution in [1.29, 1.82) is 0 Å². The molecule has 1 saturated heterocycles. The number of aryl methyl sites for hydroxylation is 1. The molecule has 1 heterocycles. The summed E-state index contributed by atoms with van der Waals surface area (Å²) >= 11 is 0. The van der Waals surface area contributed by atoms with E-state index in [2.05, 4.69) is 0 Å². The van der Waals surface area contributed by atoms with Gasteiger partial charge in [0.2, 0.25) is 0 Å². The highest BCUT2D eigenvalue weighted by atomic mass is 35.5. The maximum atomic E-state index is 12.5. The molecule has 21 heavy (non-hydrogen) atoms. The van der Waals surface area contributed by atoms with Crippen molar-refractivity contribution in [2.24, 2.45) is 5.73 Å². The number of hydrogen-bond acceptors (Lipinski definition) is 4. The fraction of sp³-hybridized carbons (Fsp3) is 0.500. The van der Waals surface area contributed by atoms with E-state index in [0.717, 1.165) is 19.3 Å². The zero-order valence-corrected chi connectivity index (χ0v) is 12.8. The van der Waals surface area contributed by atoms with Crippen molar-refractivity contribution in [2.45, 2.75) is 32.2 Å². The first-order valence-corrected chi connectivity index (χ1v) is 6.80. The number of nitro benzene ring substituents is 1. The molecule has 2 N–H and O–H groups in total. The molecule has 1 unspecified atom stereocenters. The van der Waals surface area contributed by atoms with E-state index >= 15 is 0 Å². The van der Waals surface area contributed by atoms with Gasteiger partial charge in [0.25, 0.3) is 11.6 Å². The summed E-state index contributed by atoms with van der Waals surface area (Å²) in [7, 11) is 0. The molecule has 0 aliphatic carbocycles. The van der Waals surface area contributed by atoms with Crippen LogP contribution in [0.2, 0.25) is 0 Å². The molecule has 6 nitrogen and oxygen atoms in total. The van der Waals surface area contributed by atoms with E-state index in [9.17, 15) is 14.9 Å². The smallest absolute Gasteiger partial charge is 0.272 e. The average molecular weight is 314 g/mol. The fourth-order valence-electron chi connectivity index (χ4n) is 2.67. The highest BCUT2D eigenvalue weighted by Gasteiger charge is 2.27. The van der Waals surface area contributed by atoms with Gasteiger partial charge in [0, 0.05) is 36.3 Å². The van der Waals surface area contributed by atoms with Crippen molar-refractivity contribution in [3.8, 4) is 0 Å². The predicted octanol–water partition coefficient (Wildman–Crippen LogP) is 2.28. The Bertz CT molecular complexity index is 536. The highest BCUT2D eigenvalue weighted by Crippen LogP contribution is 2.23. The van der Waals surface area contributed by atoms with Gasteiger partial charge < -0.3 is 10.6 Å². The number of halogens is 1. The van der Waals surface area contributed by atoms with Gasteiger partial charge in [0.05, 0.1) is 4.92 Å². The van der Waals surface area contributed by atoms with Gasteiger partial charge in [-0.25, -0.2) is 0 Å². The van der Waals surface area contributed by atoms with Gasteiger partial charge in [-0.3, -0.25) is 14.9 Å². The first-order valence-electron chi connectivity index (χ1n) is 6.80. The molecule has 7 heteroatoms. The van der Waals surface area contributed by atoms with Crippen LogP contribution in [0, 0.1) is 17.0 Å². The molecule has 0 spiro atoms. The molecule has 0 radical (unpaired) electrons. The van der Waals surface area contributed by atoms with E-state index < -0.39 is 4.92 Å². The lowest BCUT2D eigenvalue weighted by molar-refractivity contribution is -0.385. The second kappa shape index (κ2) is 7.38. The lowest BCUT2D eigenvalue weighted by atomic mass is 10.00. The standard InChI is InChI=1S/C14H19N3O3.ClH/c1-10-8-11(5-6-13(10)17(19)20)14(18)16-7-3-2-4-12(16)9-15;/h5-6,8,12H,2-4,7,9,15H2,1H3;1H. The molecule has 1 aromatic carbocycles. The van der Waals surface area contributed by atoms with Crippen molar-refractivity contribution >= 4 is 24.0 Å². The normalized spacial score (nSPS) is 18.0. The molecule has 116 valence electrons. The molecule has 0 aromatic heterocycles. The fourth-order valence-corrected chi connectivity index (χ4v) is 2.67. The highest BCUT2D eigenvalue weighted by molar-refractivity contribution is 5.95. The summed E-state index contributed by atoms with van der Waals surface area (Å²) in [6.45, 7) is 2.81. The van der Waals surface area contributed by atoms with Gasteiger partial charge in [0.15, 0.2) is 0 Å². The van der Waals surface area contributed by atoms with Gasteiger partial charge >= 0.3 is 0 Å². The zero-order chi connectivity index (χ0) is 14.7. The third kappa shape index (κ3) is 3.71. The number of nitrogens with zero attached hydrogens (tertiary/aromatic N) is 2. The Morgan fingerprint density at radius 2 is 2.19 bits per heavy atom. The molecule has 1 aliphatic heterocycles. The largest absolute Gasteiger partial charge is 0.334 e. The van der Waals surface area contributed by atoms with Gasteiger partial charge in [-0.05, 0) is 38.3 Å². The lowest BCUT2D eigenvalue weighted by Gasteiger charge is -2.35. The predicted molar refractivity (Wildman–Crippen MR) is 82.8 cm³/mol. The Labute approximate surface area is 129 Å². The number of carbonyl (C=O) groups is 1. The van der Waals surface area contributed by atoms with Crippen LogP contribution in [0.15, 0.2) is 18.2 Å². The van der Waals surface area contributed by atoms with Crippen molar-refractivity contribution in [2.75, 3.05) is 13.1 Å². The first-order chi connectivity index (χ1) is 9.54.